The average molecular weight is 1480 g/mol. The lowest BCUT2D eigenvalue weighted by Gasteiger charge is -2.50. The first-order chi connectivity index (χ1) is 50.5. The Hall–Kier alpha value is -9.96. The molecule has 564 valence electrons. The molecular formula is C72H72O34. The van der Waals surface area contributed by atoms with Gasteiger partial charge in [-0.15, -0.1) is 0 Å². The van der Waals surface area contributed by atoms with Crippen molar-refractivity contribution in [3.05, 3.63) is 153 Å². The zero-order valence-corrected chi connectivity index (χ0v) is 55.4. The molecule has 6 aromatic carbocycles. The number of aliphatic hydroxyl groups excluding tert-OH is 10. The molecule has 5 aliphatic rings. The van der Waals surface area contributed by atoms with Crippen molar-refractivity contribution >= 4 is 33.9 Å². The molecule has 6 heterocycles. The molecule has 0 bridgehead atoms. The van der Waals surface area contributed by atoms with Crippen molar-refractivity contribution in [3.8, 4) is 80.1 Å². The van der Waals surface area contributed by atoms with Gasteiger partial charge in [0.2, 0.25) is 34.9 Å². The highest BCUT2D eigenvalue weighted by Crippen LogP contribution is 2.59. The number of hydrogen-bond acceptors (Lipinski definition) is 34. The molecule has 0 unspecified atom stereocenters. The third-order valence-electron chi connectivity index (χ3n) is 19.5. The Morgan fingerprint density at radius 3 is 1.05 bits per heavy atom. The van der Waals surface area contributed by atoms with E-state index >= 15 is 9.59 Å². The fraction of sp³-hybridized carbons (Fsp3) is 0.389. The Labute approximate surface area is 596 Å². The number of phenols is 8. The van der Waals surface area contributed by atoms with Gasteiger partial charge in [-0.05, 0) is 97.8 Å². The number of esters is 2. The van der Waals surface area contributed by atoms with E-state index in [9.17, 15) is 102 Å². The number of carbonyl (C=O) groups is 2. The van der Waals surface area contributed by atoms with E-state index in [1.54, 1.807) is 0 Å². The van der Waals surface area contributed by atoms with Gasteiger partial charge in [-0.2, -0.15) is 0 Å². The van der Waals surface area contributed by atoms with Crippen LogP contribution in [0.1, 0.15) is 36.8 Å². The zero-order chi connectivity index (χ0) is 75.8. The van der Waals surface area contributed by atoms with Crippen LogP contribution in [0.5, 0.6) is 57.5 Å². The summed E-state index contributed by atoms with van der Waals surface area (Å²) in [5.41, 5.74) is -2.03. The van der Waals surface area contributed by atoms with Crippen LogP contribution in [0.4, 0.5) is 0 Å². The number of fused-ring (bicyclic) bond motifs is 2. The van der Waals surface area contributed by atoms with Crippen LogP contribution in [0, 0.1) is 11.8 Å². The van der Waals surface area contributed by atoms with Crippen LogP contribution in [-0.4, -0.2) is 240 Å². The molecule has 4 saturated heterocycles. The molecule has 106 heavy (non-hydrogen) atoms. The number of aromatic hydroxyl groups is 8. The molecule has 8 aromatic rings. The van der Waals surface area contributed by atoms with Crippen LogP contribution in [0.25, 0.3) is 44.6 Å². The van der Waals surface area contributed by atoms with Crippen LogP contribution in [0.2, 0.25) is 0 Å². The maximum absolute atomic E-state index is 15.0. The van der Waals surface area contributed by atoms with Crippen LogP contribution >= 0.6 is 0 Å². The van der Waals surface area contributed by atoms with Crippen molar-refractivity contribution < 1.29 is 158 Å². The average Bonchev–Trinajstić information content (AvgIpc) is 0.735. The van der Waals surface area contributed by atoms with Crippen molar-refractivity contribution in [2.24, 2.45) is 11.8 Å². The zero-order valence-electron chi connectivity index (χ0n) is 55.4. The van der Waals surface area contributed by atoms with Crippen molar-refractivity contribution in [2.45, 2.75) is 149 Å². The summed E-state index contributed by atoms with van der Waals surface area (Å²) < 4.78 is 71.6. The van der Waals surface area contributed by atoms with Gasteiger partial charge in [-0.3, -0.25) is 19.2 Å². The smallest absolute Gasteiger partial charge is 0.310 e. The van der Waals surface area contributed by atoms with Crippen molar-refractivity contribution in [1.29, 1.82) is 0 Å². The van der Waals surface area contributed by atoms with Crippen LogP contribution < -0.4 is 20.3 Å². The third-order valence-corrected chi connectivity index (χ3v) is 19.5. The van der Waals surface area contributed by atoms with Crippen LogP contribution in [0.3, 0.4) is 0 Å². The minimum atomic E-state index is -2.23. The third kappa shape index (κ3) is 14.1. The standard InChI is InChI=1S/C72H72O34/c1-25-49(81)57(89)65(71(97-25)103-63-53(85)45-37(79)19-35(77)21-39(45)99-61(63)29-7-15-33(75)16-8-29)105-69-59(91)55(87)51(83)41(101-69)23-95-67(93)47-43(27-3-11-31(73)12-4-27)44(28-5-13-32(74)14-6-28)48(47)68(94)96-24-42-52(84)56(88)60(92)70(102-42)106-66-58(90)50(82)26(2)98-72(66)104-64-54(86)46-38(80)20-36(78)22-40(46)100-62(64)30-9-17-34(76)18-10-30/h3-22,25-26,41-44,47-52,55-60,65-66,69-84,87-92H,23-24H2,1-2H3/t25-,26-,41+,42+,43-,44-,47-,48+,49-,50-,51+,52+,55-,56-,57+,58+,59+,60+,65+,66+,69-,70-,71-,72-/m0/s1. The lowest BCUT2D eigenvalue weighted by Crippen LogP contribution is -2.64. The van der Waals surface area contributed by atoms with Crippen molar-refractivity contribution in [3.63, 3.8) is 0 Å². The number of phenolic OH excluding ortho intramolecular Hbond substituents is 8. The molecule has 2 aromatic heterocycles. The van der Waals surface area contributed by atoms with Gasteiger partial charge in [0.1, 0.15) is 154 Å². The first kappa shape index (κ1) is 74.3. The largest absolute Gasteiger partial charge is 0.508 e. The number of aliphatic hydroxyl groups is 10. The summed E-state index contributed by atoms with van der Waals surface area (Å²) in [5, 5.41) is 196. The van der Waals surface area contributed by atoms with E-state index in [2.05, 4.69) is 0 Å². The molecule has 18 N–H and O–H groups in total. The Balaban J connectivity index is 0.754. The lowest BCUT2D eigenvalue weighted by molar-refractivity contribution is -0.356. The Bertz CT molecular complexity index is 4350. The van der Waals surface area contributed by atoms with Gasteiger partial charge >= 0.3 is 11.9 Å². The summed E-state index contributed by atoms with van der Waals surface area (Å²) in [7, 11) is 0. The van der Waals surface area contributed by atoms with E-state index in [1.165, 1.54) is 111 Å². The van der Waals surface area contributed by atoms with Crippen molar-refractivity contribution in [1.82, 2.24) is 0 Å². The van der Waals surface area contributed by atoms with Crippen LogP contribution in [0.15, 0.2) is 140 Å². The van der Waals surface area contributed by atoms with E-state index in [0.29, 0.717) is 11.1 Å². The summed E-state index contributed by atoms with van der Waals surface area (Å²) in [6.07, 6.45) is -39.6. The Morgan fingerprint density at radius 1 is 0.377 bits per heavy atom. The molecule has 34 nitrogen and oxygen atoms in total. The molecule has 0 amide bonds. The summed E-state index contributed by atoms with van der Waals surface area (Å²) in [5.74, 6) is -13.4. The first-order valence-electron chi connectivity index (χ1n) is 33.1. The molecule has 24 atom stereocenters. The minimum absolute atomic E-state index is 0.0787. The fourth-order valence-electron chi connectivity index (χ4n) is 13.8. The number of hydrogen-bond donors (Lipinski definition) is 18. The van der Waals surface area contributed by atoms with E-state index in [-0.39, 0.29) is 56.8 Å². The number of rotatable bonds is 18. The first-order valence-corrected chi connectivity index (χ1v) is 33.1. The van der Waals surface area contributed by atoms with Gasteiger partial charge in [0.25, 0.3) is 0 Å². The van der Waals surface area contributed by atoms with Gasteiger partial charge in [0.05, 0.1) is 24.0 Å². The molecule has 13 rings (SSSR count). The second-order valence-corrected chi connectivity index (χ2v) is 26.3. The topological polar surface area (TPSA) is 551 Å². The predicted octanol–water partition coefficient (Wildman–Crippen LogP) is 0.555. The Kier molecular flexibility index (Phi) is 20.9. The van der Waals surface area contributed by atoms with Gasteiger partial charge in [0, 0.05) is 47.2 Å². The molecule has 1 saturated carbocycles. The van der Waals surface area contributed by atoms with Crippen molar-refractivity contribution in [2.75, 3.05) is 13.2 Å². The molecular weight excluding hydrogens is 1410 g/mol. The SMILES string of the molecule is C[C@@H]1O[C@@H](Oc2c(-c3ccc(O)cc3)oc3cc(O)cc(O)c3c2=O)[C@H](O[C@@H]2O[C@H](COC(=O)[C@@H]3[C@H](C(=O)OC[C@H]4O[C@@H](O[C@H]5[C@H](Oc6c(-c7ccc(O)cc7)oc7cc(O)cc(O)c7c6=O)O[C@@H](C)[C@H](O)[C@H]5O)[C@H](O)[C@@H](O)[C@@H]4O)[C@@H](c4ccc(O)cc4)[C@@H]3c3ccc(O)cc3)[C@@H](O)[C@H](O)[C@H]2O)[C@H](O)[C@H]1O. The normalized spacial score (nSPS) is 32.4. The van der Waals surface area contributed by atoms with Crippen LogP contribution in [-0.2, 0) is 47.5 Å². The van der Waals surface area contributed by atoms with Gasteiger partial charge in [0.15, 0.2) is 36.3 Å². The van der Waals surface area contributed by atoms with E-state index in [1.807, 2.05) is 0 Å². The maximum Gasteiger partial charge on any atom is 0.310 e. The molecule has 34 heteroatoms. The van der Waals surface area contributed by atoms with E-state index in [4.69, 9.17) is 56.2 Å². The summed E-state index contributed by atoms with van der Waals surface area (Å²) >= 11 is 0. The lowest BCUT2D eigenvalue weighted by atomic mass is 9.52. The summed E-state index contributed by atoms with van der Waals surface area (Å²) in [6, 6.07) is 24.8. The number of ether oxygens (including phenoxy) is 10. The quantitative estimate of drug-likeness (QED) is 0.0522. The molecule has 4 aliphatic heterocycles. The van der Waals surface area contributed by atoms with Gasteiger partial charge < -0.3 is 148 Å². The number of carbonyl (C=O) groups excluding carboxylic acids is 2. The summed E-state index contributed by atoms with van der Waals surface area (Å²) in [6.45, 7) is 0.562. The molecule has 1 aliphatic carbocycles. The highest BCUT2D eigenvalue weighted by molar-refractivity contribution is 5.90. The highest BCUT2D eigenvalue weighted by Gasteiger charge is 2.61. The highest BCUT2D eigenvalue weighted by atomic mass is 16.8. The van der Waals surface area contributed by atoms with Gasteiger partial charge in [-0.25, -0.2) is 0 Å². The number of benzene rings is 6. The second-order valence-electron chi connectivity index (χ2n) is 26.3. The minimum Gasteiger partial charge on any atom is -0.508 e. The fourth-order valence-corrected chi connectivity index (χ4v) is 13.8. The van der Waals surface area contributed by atoms with E-state index < -0.39 is 228 Å². The predicted molar refractivity (Wildman–Crippen MR) is 353 cm³/mol. The molecule has 0 radical (unpaired) electrons. The second kappa shape index (κ2) is 29.8. The maximum atomic E-state index is 15.0. The Morgan fingerprint density at radius 2 is 0.708 bits per heavy atom. The monoisotopic (exact) mass is 1480 g/mol. The van der Waals surface area contributed by atoms with E-state index in [0.717, 1.165) is 24.3 Å². The summed E-state index contributed by atoms with van der Waals surface area (Å²) in [4.78, 5) is 58.7. The molecule has 5 fully saturated rings. The molecule has 0 spiro atoms. The van der Waals surface area contributed by atoms with Gasteiger partial charge in [-0.1, -0.05) is 24.3 Å².